The minimum atomic E-state index is -1.31. The summed E-state index contributed by atoms with van der Waals surface area (Å²) >= 11 is 7.21. The number of phenols is 1. The SMILES string of the molecule is CN1CCC(C(=O)CC(=O)c2c(F)ccc(O)c2F)CC1.Cc1cnc2sc(CCl)nc2c1. The van der Waals surface area contributed by atoms with Gasteiger partial charge in [0.2, 0.25) is 0 Å². The van der Waals surface area contributed by atoms with Crippen LogP contribution in [0.5, 0.6) is 5.75 Å². The van der Waals surface area contributed by atoms with Crippen LogP contribution in [0.2, 0.25) is 0 Å². The summed E-state index contributed by atoms with van der Waals surface area (Å²) in [5.74, 6) is -4.16. The summed E-state index contributed by atoms with van der Waals surface area (Å²) in [7, 11) is 1.95. The molecule has 0 atom stereocenters. The van der Waals surface area contributed by atoms with E-state index in [1.807, 2.05) is 26.2 Å². The zero-order valence-corrected chi connectivity index (χ0v) is 19.8. The fourth-order valence-corrected chi connectivity index (χ4v) is 4.50. The van der Waals surface area contributed by atoms with Crippen LogP contribution in [0.4, 0.5) is 8.78 Å². The van der Waals surface area contributed by atoms with E-state index in [0.717, 1.165) is 46.1 Å². The lowest BCUT2D eigenvalue weighted by Crippen LogP contribution is -2.34. The first kappa shape index (κ1) is 25.1. The normalized spacial score (nSPS) is 14.7. The lowest BCUT2D eigenvalue weighted by molar-refractivity contribution is -0.123. The Kier molecular flexibility index (Phi) is 8.45. The smallest absolute Gasteiger partial charge is 0.178 e. The molecule has 0 saturated carbocycles. The number of carbonyl (C=O) groups excluding carboxylic acids is 2. The number of alkyl halides is 1. The molecule has 0 radical (unpaired) electrons. The summed E-state index contributed by atoms with van der Waals surface area (Å²) in [6, 6.07) is 3.67. The van der Waals surface area contributed by atoms with Gasteiger partial charge in [-0.15, -0.1) is 11.6 Å². The Balaban J connectivity index is 0.000000215. The highest BCUT2D eigenvalue weighted by atomic mass is 35.5. The number of hydrogen-bond donors (Lipinski definition) is 1. The molecule has 33 heavy (non-hydrogen) atoms. The molecule has 1 aliphatic heterocycles. The van der Waals surface area contributed by atoms with Gasteiger partial charge in [-0.05, 0) is 63.7 Å². The summed E-state index contributed by atoms with van der Waals surface area (Å²) in [5.41, 5.74) is 1.25. The van der Waals surface area contributed by atoms with Crippen molar-refractivity contribution in [1.82, 2.24) is 14.9 Å². The van der Waals surface area contributed by atoms with Crippen LogP contribution in [0.1, 0.15) is 40.2 Å². The molecule has 0 spiro atoms. The first-order chi connectivity index (χ1) is 15.7. The highest BCUT2D eigenvalue weighted by Crippen LogP contribution is 2.25. The van der Waals surface area contributed by atoms with Crippen molar-refractivity contribution in [2.75, 3.05) is 20.1 Å². The fourth-order valence-electron chi connectivity index (χ4n) is 3.54. The van der Waals surface area contributed by atoms with Gasteiger partial charge in [-0.1, -0.05) is 11.3 Å². The van der Waals surface area contributed by atoms with Crippen molar-refractivity contribution in [2.45, 2.75) is 32.1 Å². The number of aryl methyl sites for hydroxylation is 1. The van der Waals surface area contributed by atoms with Gasteiger partial charge < -0.3 is 10.0 Å². The lowest BCUT2D eigenvalue weighted by atomic mass is 9.89. The Bertz CT molecular complexity index is 1160. The predicted octanol–water partition coefficient (Wildman–Crippen LogP) is 4.89. The minimum Gasteiger partial charge on any atom is -0.505 e. The lowest BCUT2D eigenvalue weighted by Gasteiger charge is -2.27. The zero-order valence-electron chi connectivity index (χ0n) is 18.3. The molecular formula is C23H24ClF2N3O3S. The predicted molar refractivity (Wildman–Crippen MR) is 124 cm³/mol. The molecule has 1 fully saturated rings. The van der Waals surface area contributed by atoms with Crippen molar-refractivity contribution >= 4 is 44.9 Å². The number of rotatable bonds is 5. The van der Waals surface area contributed by atoms with Crippen LogP contribution in [0, 0.1) is 24.5 Å². The molecule has 1 saturated heterocycles. The number of thiazole rings is 1. The van der Waals surface area contributed by atoms with Crippen LogP contribution < -0.4 is 0 Å². The van der Waals surface area contributed by atoms with Crippen LogP contribution >= 0.6 is 22.9 Å². The maximum atomic E-state index is 13.6. The number of piperidine rings is 1. The average Bonchev–Trinajstić information content (AvgIpc) is 3.20. The van der Waals surface area contributed by atoms with Crippen molar-refractivity contribution in [3.8, 4) is 5.75 Å². The largest absolute Gasteiger partial charge is 0.505 e. The number of halogens is 3. The molecule has 0 unspecified atom stereocenters. The topological polar surface area (TPSA) is 83.4 Å². The number of pyridine rings is 1. The number of fused-ring (bicyclic) bond motifs is 1. The van der Waals surface area contributed by atoms with E-state index in [1.54, 1.807) is 11.3 Å². The van der Waals surface area contributed by atoms with Crippen molar-refractivity contribution < 1.29 is 23.5 Å². The first-order valence-corrected chi connectivity index (χ1v) is 11.7. The van der Waals surface area contributed by atoms with Crippen molar-refractivity contribution in [2.24, 2.45) is 5.92 Å². The van der Waals surface area contributed by atoms with E-state index in [2.05, 4.69) is 14.9 Å². The molecule has 176 valence electrons. The second-order valence-corrected chi connectivity index (χ2v) is 9.31. The van der Waals surface area contributed by atoms with E-state index in [4.69, 9.17) is 11.6 Å². The Morgan fingerprint density at radius 3 is 2.64 bits per heavy atom. The number of ketones is 2. The number of likely N-dealkylation sites (tertiary alicyclic amines) is 1. The van der Waals surface area contributed by atoms with Gasteiger partial charge in [-0.3, -0.25) is 9.59 Å². The number of benzene rings is 1. The van der Waals surface area contributed by atoms with Gasteiger partial charge in [0.1, 0.15) is 27.0 Å². The van der Waals surface area contributed by atoms with E-state index in [9.17, 15) is 23.5 Å². The number of Topliss-reactive ketones (excluding diaryl/α,β-unsaturated/α-hetero) is 2. The molecule has 10 heteroatoms. The summed E-state index contributed by atoms with van der Waals surface area (Å²) in [6.07, 6.45) is 2.60. The summed E-state index contributed by atoms with van der Waals surface area (Å²) in [5, 5.41) is 10.1. The Labute approximate surface area is 199 Å². The molecule has 3 aromatic rings. The van der Waals surface area contributed by atoms with Gasteiger partial charge in [0.15, 0.2) is 17.3 Å². The van der Waals surface area contributed by atoms with E-state index in [1.165, 1.54) is 0 Å². The number of aromatic hydroxyl groups is 1. The second-order valence-electron chi connectivity index (χ2n) is 7.98. The molecule has 2 aromatic heterocycles. The van der Waals surface area contributed by atoms with Gasteiger partial charge in [-0.2, -0.15) is 0 Å². The number of hydrogen-bond acceptors (Lipinski definition) is 7. The molecule has 0 bridgehead atoms. The molecule has 1 N–H and O–H groups in total. The highest BCUT2D eigenvalue weighted by molar-refractivity contribution is 7.18. The number of carbonyl (C=O) groups is 2. The molecule has 0 aliphatic carbocycles. The van der Waals surface area contributed by atoms with Crippen LogP contribution in [0.25, 0.3) is 10.3 Å². The van der Waals surface area contributed by atoms with Gasteiger partial charge in [0, 0.05) is 12.1 Å². The molecule has 3 heterocycles. The van der Waals surface area contributed by atoms with Crippen LogP contribution in [-0.4, -0.2) is 51.7 Å². The summed E-state index contributed by atoms with van der Waals surface area (Å²) in [4.78, 5) is 35.6. The molecular weight excluding hydrogens is 472 g/mol. The minimum absolute atomic E-state index is 0.242. The van der Waals surface area contributed by atoms with Gasteiger partial charge in [0.05, 0.1) is 17.9 Å². The summed E-state index contributed by atoms with van der Waals surface area (Å²) < 4.78 is 27.2. The Hall–Kier alpha value is -2.49. The standard InChI is InChI=1S/C15H17F2NO3.C8H7ClN2S/c1-18-6-4-9(5-7-18)12(20)8-13(21)14-10(16)2-3-11(19)15(14)17;1-5-2-6-8(10-4-5)12-7(3-9)11-6/h2-3,9,19H,4-8H2,1H3;2,4H,3H2,1H3. The first-order valence-electron chi connectivity index (χ1n) is 10.4. The molecule has 1 aromatic carbocycles. The van der Waals surface area contributed by atoms with Gasteiger partial charge >= 0.3 is 0 Å². The third-order valence-electron chi connectivity index (χ3n) is 5.40. The molecule has 4 rings (SSSR count). The van der Waals surface area contributed by atoms with Gasteiger partial charge in [0.25, 0.3) is 0 Å². The fraction of sp³-hybridized carbons (Fsp3) is 0.391. The highest BCUT2D eigenvalue weighted by Gasteiger charge is 2.28. The molecule has 6 nitrogen and oxygen atoms in total. The van der Waals surface area contributed by atoms with Crippen molar-refractivity contribution in [3.63, 3.8) is 0 Å². The maximum absolute atomic E-state index is 13.6. The van der Waals surface area contributed by atoms with E-state index in [-0.39, 0.29) is 11.7 Å². The molecule has 1 aliphatic rings. The monoisotopic (exact) mass is 495 g/mol. The second kappa shape index (κ2) is 11.1. The van der Waals surface area contributed by atoms with Gasteiger partial charge in [-0.25, -0.2) is 18.7 Å². The quantitative estimate of drug-likeness (QED) is 0.308. The molecule has 0 amide bonds. The third kappa shape index (κ3) is 6.31. The van der Waals surface area contributed by atoms with Crippen molar-refractivity contribution in [1.29, 1.82) is 0 Å². The third-order valence-corrected chi connectivity index (χ3v) is 6.79. The van der Waals surface area contributed by atoms with E-state index < -0.39 is 35.2 Å². The number of aromatic nitrogens is 2. The van der Waals surface area contributed by atoms with Crippen LogP contribution in [0.15, 0.2) is 24.4 Å². The Morgan fingerprint density at radius 2 is 1.97 bits per heavy atom. The summed E-state index contributed by atoms with van der Waals surface area (Å²) in [6.45, 7) is 3.53. The Morgan fingerprint density at radius 1 is 1.27 bits per heavy atom. The van der Waals surface area contributed by atoms with E-state index in [0.29, 0.717) is 18.7 Å². The number of nitrogens with zero attached hydrogens (tertiary/aromatic N) is 3. The van der Waals surface area contributed by atoms with Crippen LogP contribution in [-0.2, 0) is 10.7 Å². The number of phenolic OH excluding ortho intramolecular Hbond substituents is 1. The van der Waals surface area contributed by atoms with Crippen molar-refractivity contribution in [3.05, 3.63) is 52.2 Å². The zero-order chi connectivity index (χ0) is 24.1. The van der Waals surface area contributed by atoms with Crippen LogP contribution in [0.3, 0.4) is 0 Å². The average molecular weight is 496 g/mol. The maximum Gasteiger partial charge on any atom is 0.178 e. The van der Waals surface area contributed by atoms with E-state index >= 15 is 0 Å².